The fraction of sp³-hybridized carbons (Fsp3) is 0.412. The Kier molecular flexibility index (Phi) is 3.74. The fourth-order valence-electron chi connectivity index (χ4n) is 3.41. The molecule has 0 bridgehead atoms. The van der Waals surface area contributed by atoms with Gasteiger partial charge in [0.05, 0.1) is 0 Å². The van der Waals surface area contributed by atoms with E-state index in [-0.39, 0.29) is 11.9 Å². The number of nitrogens with one attached hydrogen (secondary N) is 1. The third kappa shape index (κ3) is 2.68. The van der Waals surface area contributed by atoms with Crippen LogP contribution in [-0.4, -0.2) is 57.5 Å². The lowest BCUT2D eigenvalue weighted by molar-refractivity contribution is 0.0936. The molecule has 0 aromatic carbocycles. The SMILES string of the molecule is O=C(N[C@H]1CCN(c2nccn3ccnc23)C1)c1csc(N2CCC2)n1. The van der Waals surface area contributed by atoms with Crippen LogP contribution in [0.1, 0.15) is 23.3 Å². The molecule has 0 spiro atoms. The van der Waals surface area contributed by atoms with Crippen LogP contribution in [0.25, 0.3) is 5.65 Å². The van der Waals surface area contributed by atoms with Crippen LogP contribution in [0.2, 0.25) is 0 Å². The quantitative estimate of drug-likeness (QED) is 0.749. The number of carbonyl (C=O) groups is 1. The standard InChI is InChI=1S/C17H19N7OS/c25-16(13-11-26-17(21-13)23-5-1-6-23)20-12-2-7-24(10-12)15-14-18-3-8-22(14)9-4-19-15/h3-4,8-9,11-12H,1-2,5-7,10H2,(H,20,25)/t12-/m0/s1. The van der Waals surface area contributed by atoms with Crippen LogP contribution in [0, 0.1) is 0 Å². The van der Waals surface area contributed by atoms with Gasteiger partial charge in [-0.15, -0.1) is 11.3 Å². The van der Waals surface area contributed by atoms with Gasteiger partial charge < -0.3 is 19.5 Å². The molecule has 2 saturated heterocycles. The van der Waals surface area contributed by atoms with Gasteiger partial charge in [0.1, 0.15) is 5.69 Å². The van der Waals surface area contributed by atoms with Crippen molar-refractivity contribution in [3.63, 3.8) is 0 Å². The van der Waals surface area contributed by atoms with Crippen LogP contribution in [0.3, 0.4) is 0 Å². The van der Waals surface area contributed by atoms with Crippen molar-refractivity contribution in [2.75, 3.05) is 36.0 Å². The summed E-state index contributed by atoms with van der Waals surface area (Å²) in [5, 5.41) is 5.91. The number of amides is 1. The number of imidazole rings is 1. The van der Waals surface area contributed by atoms with E-state index in [1.54, 1.807) is 23.7 Å². The van der Waals surface area contributed by atoms with Gasteiger partial charge in [-0.1, -0.05) is 0 Å². The molecule has 134 valence electrons. The monoisotopic (exact) mass is 369 g/mol. The van der Waals surface area contributed by atoms with Crippen molar-refractivity contribution in [3.05, 3.63) is 35.9 Å². The number of thiazole rings is 1. The second-order valence-electron chi connectivity index (χ2n) is 6.67. The van der Waals surface area contributed by atoms with Gasteiger partial charge >= 0.3 is 0 Å². The van der Waals surface area contributed by atoms with Crippen LogP contribution in [0.5, 0.6) is 0 Å². The van der Waals surface area contributed by atoms with Gasteiger partial charge in [0.25, 0.3) is 5.91 Å². The molecule has 0 saturated carbocycles. The lowest BCUT2D eigenvalue weighted by Gasteiger charge is -2.30. The number of carbonyl (C=O) groups excluding carboxylic acids is 1. The Bertz CT molecular complexity index is 947. The highest BCUT2D eigenvalue weighted by Crippen LogP contribution is 2.25. The van der Waals surface area contributed by atoms with Crippen LogP contribution >= 0.6 is 11.3 Å². The molecule has 0 unspecified atom stereocenters. The number of aromatic nitrogens is 4. The third-order valence-corrected chi connectivity index (χ3v) is 5.87. The van der Waals surface area contributed by atoms with E-state index in [9.17, 15) is 4.79 Å². The maximum absolute atomic E-state index is 12.5. The molecule has 5 heterocycles. The maximum Gasteiger partial charge on any atom is 0.271 e. The summed E-state index contributed by atoms with van der Waals surface area (Å²) in [5.41, 5.74) is 1.36. The molecule has 5 rings (SSSR count). The number of rotatable bonds is 4. The second kappa shape index (κ2) is 6.24. The highest BCUT2D eigenvalue weighted by Gasteiger charge is 2.28. The second-order valence-corrected chi connectivity index (χ2v) is 7.51. The predicted octanol–water partition coefficient (Wildman–Crippen LogP) is 1.40. The highest BCUT2D eigenvalue weighted by atomic mass is 32.1. The van der Waals surface area contributed by atoms with Crippen molar-refractivity contribution in [1.82, 2.24) is 24.7 Å². The summed E-state index contributed by atoms with van der Waals surface area (Å²) in [5.74, 6) is 0.773. The molecule has 1 amide bonds. The molecule has 1 N–H and O–H groups in total. The van der Waals surface area contributed by atoms with Crippen molar-refractivity contribution in [1.29, 1.82) is 0 Å². The summed E-state index contributed by atoms with van der Waals surface area (Å²) in [6.07, 6.45) is 9.44. The first kappa shape index (κ1) is 15.6. The van der Waals surface area contributed by atoms with E-state index in [4.69, 9.17) is 0 Å². The zero-order chi connectivity index (χ0) is 17.5. The average molecular weight is 369 g/mol. The van der Waals surface area contributed by atoms with Gasteiger partial charge in [0.15, 0.2) is 16.6 Å². The first-order valence-corrected chi connectivity index (χ1v) is 9.70. The van der Waals surface area contributed by atoms with Gasteiger partial charge in [-0.25, -0.2) is 15.0 Å². The Labute approximate surface area is 154 Å². The van der Waals surface area contributed by atoms with E-state index in [0.717, 1.165) is 49.2 Å². The number of hydrogen-bond donors (Lipinski definition) is 1. The van der Waals surface area contributed by atoms with Crippen LogP contribution in [-0.2, 0) is 0 Å². The van der Waals surface area contributed by atoms with Crippen molar-refractivity contribution >= 4 is 33.8 Å². The largest absolute Gasteiger partial charge is 0.351 e. The molecule has 0 aliphatic carbocycles. The topological polar surface area (TPSA) is 78.7 Å². The minimum atomic E-state index is -0.0909. The van der Waals surface area contributed by atoms with Crippen LogP contribution in [0.15, 0.2) is 30.2 Å². The molecule has 2 fully saturated rings. The van der Waals surface area contributed by atoms with Crippen molar-refractivity contribution in [3.8, 4) is 0 Å². The number of anilines is 2. The lowest BCUT2D eigenvalue weighted by Crippen LogP contribution is -2.38. The molecule has 3 aromatic rings. The number of fused-ring (bicyclic) bond motifs is 1. The molecular weight excluding hydrogens is 350 g/mol. The smallest absolute Gasteiger partial charge is 0.271 e. The summed E-state index contributed by atoms with van der Waals surface area (Å²) in [6, 6.07) is 0.0914. The van der Waals surface area contributed by atoms with Crippen molar-refractivity contribution in [2.24, 2.45) is 0 Å². The highest BCUT2D eigenvalue weighted by molar-refractivity contribution is 7.14. The Morgan fingerprint density at radius 3 is 2.81 bits per heavy atom. The summed E-state index contributed by atoms with van der Waals surface area (Å²) >= 11 is 1.54. The Morgan fingerprint density at radius 2 is 2.00 bits per heavy atom. The summed E-state index contributed by atoms with van der Waals surface area (Å²) in [6.45, 7) is 3.66. The molecule has 2 aliphatic rings. The molecular formula is C17H19N7OS. The van der Waals surface area contributed by atoms with Gasteiger partial charge in [-0.3, -0.25) is 4.79 Å². The van der Waals surface area contributed by atoms with E-state index in [0.29, 0.717) is 5.69 Å². The lowest BCUT2D eigenvalue weighted by atomic mass is 10.2. The normalized spacial score (nSPS) is 19.8. The van der Waals surface area contributed by atoms with Gasteiger partial charge in [0, 0.05) is 62.4 Å². The molecule has 1 atom stereocenters. The summed E-state index contributed by atoms with van der Waals surface area (Å²) in [4.78, 5) is 30.3. The first-order valence-electron chi connectivity index (χ1n) is 8.82. The van der Waals surface area contributed by atoms with Crippen molar-refractivity contribution in [2.45, 2.75) is 18.9 Å². The summed E-state index contributed by atoms with van der Waals surface area (Å²) in [7, 11) is 0. The van der Waals surface area contributed by atoms with Gasteiger partial charge in [0.2, 0.25) is 0 Å². The Balaban J connectivity index is 1.25. The van der Waals surface area contributed by atoms with Gasteiger partial charge in [-0.2, -0.15) is 0 Å². The van der Waals surface area contributed by atoms with E-state index in [1.807, 2.05) is 22.2 Å². The summed E-state index contributed by atoms with van der Waals surface area (Å²) < 4.78 is 1.96. The van der Waals surface area contributed by atoms with Crippen molar-refractivity contribution < 1.29 is 4.79 Å². The van der Waals surface area contributed by atoms with E-state index in [2.05, 4.69) is 30.1 Å². The van der Waals surface area contributed by atoms with E-state index < -0.39 is 0 Å². The van der Waals surface area contributed by atoms with E-state index >= 15 is 0 Å². The zero-order valence-corrected chi connectivity index (χ0v) is 15.0. The minimum Gasteiger partial charge on any atom is -0.351 e. The molecule has 2 aliphatic heterocycles. The Morgan fingerprint density at radius 1 is 1.15 bits per heavy atom. The molecule has 26 heavy (non-hydrogen) atoms. The molecule has 0 radical (unpaired) electrons. The first-order chi connectivity index (χ1) is 12.8. The Hall–Kier alpha value is -2.68. The van der Waals surface area contributed by atoms with E-state index in [1.165, 1.54) is 6.42 Å². The predicted molar refractivity (Wildman–Crippen MR) is 100 cm³/mol. The van der Waals surface area contributed by atoms with Crippen LogP contribution < -0.4 is 15.1 Å². The number of hydrogen-bond acceptors (Lipinski definition) is 7. The fourth-order valence-corrected chi connectivity index (χ4v) is 4.27. The maximum atomic E-state index is 12.5. The number of nitrogens with zero attached hydrogens (tertiary/aromatic N) is 6. The molecule has 9 heteroatoms. The average Bonchev–Trinajstić information content (AvgIpc) is 3.33. The molecule has 3 aromatic heterocycles. The third-order valence-electron chi connectivity index (χ3n) is 4.97. The minimum absolute atomic E-state index is 0.0909. The van der Waals surface area contributed by atoms with Crippen LogP contribution in [0.4, 0.5) is 10.9 Å². The molecule has 8 nitrogen and oxygen atoms in total. The zero-order valence-electron chi connectivity index (χ0n) is 14.2. The van der Waals surface area contributed by atoms with Gasteiger partial charge in [-0.05, 0) is 12.8 Å².